The molecule has 2 aromatic carbocycles. The summed E-state index contributed by atoms with van der Waals surface area (Å²) in [6.45, 7) is 5.09. The Hall–Kier alpha value is -1.66. The second-order valence-corrected chi connectivity index (χ2v) is 11.8. The third kappa shape index (κ3) is 7.73. The Balaban J connectivity index is 2.36. The predicted octanol–water partition coefficient (Wildman–Crippen LogP) is 3.76. The van der Waals surface area contributed by atoms with E-state index in [2.05, 4.69) is 43.8 Å². The molecule has 0 radical (unpaired) electrons. The lowest BCUT2D eigenvalue weighted by Gasteiger charge is -2.32. The summed E-state index contributed by atoms with van der Waals surface area (Å²) in [5.41, 5.74) is 1.22. The summed E-state index contributed by atoms with van der Waals surface area (Å²) in [6, 6.07) is 13.4. The Morgan fingerprint density at radius 1 is 1.03 bits per heavy atom. The van der Waals surface area contributed by atoms with Crippen LogP contribution in [0.3, 0.4) is 0 Å². The SMILES string of the molecule is CC(C)NC(=O)[C@H](C)N(Cc1ccc(Br)cc1)C(=O)CN(c1ccc(I)cc1)S(C)(=O)=O. The highest BCUT2D eigenvalue weighted by Crippen LogP contribution is 2.21. The molecule has 0 aliphatic carbocycles. The van der Waals surface area contributed by atoms with Crippen LogP contribution in [0, 0.1) is 3.57 Å². The Bertz CT molecular complexity index is 1040. The molecule has 174 valence electrons. The van der Waals surface area contributed by atoms with Gasteiger partial charge in [-0.25, -0.2) is 8.42 Å². The normalized spacial score (nSPS) is 12.3. The van der Waals surface area contributed by atoms with Gasteiger partial charge in [-0.15, -0.1) is 0 Å². The van der Waals surface area contributed by atoms with Gasteiger partial charge in [0, 0.05) is 20.6 Å². The average Bonchev–Trinajstić information content (AvgIpc) is 2.70. The lowest BCUT2D eigenvalue weighted by molar-refractivity contribution is -0.139. The van der Waals surface area contributed by atoms with Gasteiger partial charge in [-0.05, 0) is 85.3 Å². The van der Waals surface area contributed by atoms with Crippen molar-refractivity contribution in [2.75, 3.05) is 17.1 Å². The van der Waals surface area contributed by atoms with E-state index in [0.717, 1.165) is 24.2 Å². The minimum Gasteiger partial charge on any atom is -0.352 e. The lowest BCUT2D eigenvalue weighted by atomic mass is 10.1. The van der Waals surface area contributed by atoms with Crippen LogP contribution in [0.4, 0.5) is 5.69 Å². The minimum absolute atomic E-state index is 0.0890. The van der Waals surface area contributed by atoms with E-state index in [1.54, 1.807) is 31.2 Å². The number of amides is 2. The van der Waals surface area contributed by atoms with Crippen LogP contribution in [-0.2, 0) is 26.2 Å². The van der Waals surface area contributed by atoms with E-state index in [-0.39, 0.29) is 18.5 Å². The van der Waals surface area contributed by atoms with Gasteiger partial charge >= 0.3 is 0 Å². The highest BCUT2D eigenvalue weighted by molar-refractivity contribution is 14.1. The first-order chi connectivity index (χ1) is 14.9. The number of carbonyl (C=O) groups excluding carboxylic acids is 2. The molecule has 0 spiro atoms. The first-order valence-electron chi connectivity index (χ1n) is 9.96. The quantitative estimate of drug-likeness (QED) is 0.425. The van der Waals surface area contributed by atoms with Crippen LogP contribution >= 0.6 is 38.5 Å². The number of halogens is 2. The summed E-state index contributed by atoms with van der Waals surface area (Å²) in [6.07, 6.45) is 1.06. The molecule has 2 amide bonds. The number of sulfonamides is 1. The van der Waals surface area contributed by atoms with E-state index >= 15 is 0 Å². The van der Waals surface area contributed by atoms with Crippen molar-refractivity contribution in [3.05, 3.63) is 62.1 Å². The number of nitrogens with zero attached hydrogens (tertiary/aromatic N) is 2. The van der Waals surface area contributed by atoms with Gasteiger partial charge < -0.3 is 10.2 Å². The Labute approximate surface area is 211 Å². The van der Waals surface area contributed by atoms with Crippen molar-refractivity contribution in [3.8, 4) is 0 Å². The maximum absolute atomic E-state index is 13.4. The van der Waals surface area contributed by atoms with Crippen LogP contribution in [0.25, 0.3) is 0 Å². The summed E-state index contributed by atoms with van der Waals surface area (Å²) in [7, 11) is -3.73. The molecule has 0 saturated heterocycles. The molecule has 0 fully saturated rings. The van der Waals surface area contributed by atoms with E-state index < -0.39 is 28.5 Å². The monoisotopic (exact) mass is 635 g/mol. The molecule has 0 heterocycles. The first-order valence-corrected chi connectivity index (χ1v) is 13.7. The fraction of sp³-hybridized carbons (Fsp3) is 0.364. The maximum atomic E-state index is 13.4. The van der Waals surface area contributed by atoms with Gasteiger partial charge in [0.2, 0.25) is 21.8 Å². The Kier molecular flexibility index (Phi) is 9.53. The zero-order chi connectivity index (χ0) is 24.1. The van der Waals surface area contributed by atoms with Crippen molar-refractivity contribution in [2.45, 2.75) is 39.4 Å². The summed E-state index contributed by atoms with van der Waals surface area (Å²) in [5.74, 6) is -0.770. The zero-order valence-corrected chi connectivity index (χ0v) is 22.9. The second-order valence-electron chi connectivity index (χ2n) is 7.73. The highest BCUT2D eigenvalue weighted by Gasteiger charge is 2.30. The first kappa shape index (κ1) is 26.6. The molecule has 2 aromatic rings. The molecule has 1 atom stereocenters. The van der Waals surface area contributed by atoms with Gasteiger partial charge in [0.15, 0.2) is 0 Å². The van der Waals surface area contributed by atoms with Crippen molar-refractivity contribution in [1.29, 1.82) is 0 Å². The van der Waals surface area contributed by atoms with Crippen molar-refractivity contribution >= 4 is 66.0 Å². The van der Waals surface area contributed by atoms with Crippen molar-refractivity contribution in [2.24, 2.45) is 0 Å². The molecule has 1 N–H and O–H groups in total. The summed E-state index contributed by atoms with van der Waals surface area (Å²) in [5, 5.41) is 2.82. The molecule has 10 heteroatoms. The van der Waals surface area contributed by atoms with Crippen LogP contribution in [0.2, 0.25) is 0 Å². The highest BCUT2D eigenvalue weighted by atomic mass is 127. The molecule has 0 unspecified atom stereocenters. The van der Waals surface area contributed by atoms with Gasteiger partial charge in [0.05, 0.1) is 11.9 Å². The standard InChI is InChI=1S/C22H27BrIN3O4S/c1-15(2)25-22(29)16(3)26(13-17-5-7-18(23)8-6-17)21(28)14-27(32(4,30)31)20-11-9-19(24)10-12-20/h5-12,15-16H,13-14H2,1-4H3,(H,25,29)/t16-/m0/s1. The average molecular weight is 636 g/mol. The molecule has 0 aliphatic heterocycles. The second kappa shape index (κ2) is 11.5. The summed E-state index contributed by atoms with van der Waals surface area (Å²) < 4.78 is 27.9. The molecule has 0 aromatic heterocycles. The maximum Gasteiger partial charge on any atom is 0.244 e. The molecule has 32 heavy (non-hydrogen) atoms. The number of carbonyl (C=O) groups is 2. The molecule has 0 bridgehead atoms. The molecular weight excluding hydrogens is 609 g/mol. The molecular formula is C22H27BrIN3O4S. The Morgan fingerprint density at radius 2 is 1.59 bits per heavy atom. The van der Waals surface area contributed by atoms with Crippen LogP contribution < -0.4 is 9.62 Å². The number of anilines is 1. The van der Waals surface area contributed by atoms with Crippen LogP contribution in [0.1, 0.15) is 26.3 Å². The van der Waals surface area contributed by atoms with Crippen LogP contribution in [0.15, 0.2) is 53.0 Å². The topological polar surface area (TPSA) is 86.8 Å². The van der Waals surface area contributed by atoms with Gasteiger partial charge in [-0.1, -0.05) is 28.1 Å². The third-order valence-corrected chi connectivity index (χ3v) is 7.05. The number of hydrogen-bond acceptors (Lipinski definition) is 4. The van der Waals surface area contributed by atoms with Crippen LogP contribution in [-0.4, -0.2) is 50.0 Å². The van der Waals surface area contributed by atoms with Crippen molar-refractivity contribution in [3.63, 3.8) is 0 Å². The third-order valence-electron chi connectivity index (χ3n) is 4.66. The van der Waals surface area contributed by atoms with E-state index in [9.17, 15) is 18.0 Å². The molecule has 2 rings (SSSR count). The molecule has 0 saturated carbocycles. The van der Waals surface area contributed by atoms with Gasteiger partial charge in [-0.3, -0.25) is 13.9 Å². The number of rotatable bonds is 9. The van der Waals surface area contributed by atoms with Gasteiger partial charge in [0.1, 0.15) is 12.6 Å². The number of benzene rings is 2. The summed E-state index contributed by atoms with van der Waals surface area (Å²) >= 11 is 5.51. The number of hydrogen-bond donors (Lipinski definition) is 1. The lowest BCUT2D eigenvalue weighted by Crippen LogP contribution is -2.52. The van der Waals surface area contributed by atoms with Crippen molar-refractivity contribution in [1.82, 2.24) is 10.2 Å². The predicted molar refractivity (Wildman–Crippen MR) is 139 cm³/mol. The minimum atomic E-state index is -3.73. The smallest absolute Gasteiger partial charge is 0.244 e. The van der Waals surface area contributed by atoms with Gasteiger partial charge in [-0.2, -0.15) is 0 Å². The zero-order valence-electron chi connectivity index (χ0n) is 18.4. The van der Waals surface area contributed by atoms with Crippen molar-refractivity contribution < 1.29 is 18.0 Å². The molecule has 0 aliphatic rings. The van der Waals surface area contributed by atoms with Crippen LogP contribution in [0.5, 0.6) is 0 Å². The Morgan fingerprint density at radius 3 is 2.09 bits per heavy atom. The van der Waals surface area contributed by atoms with E-state index in [0.29, 0.717) is 5.69 Å². The fourth-order valence-corrected chi connectivity index (χ4v) is 4.47. The van der Waals surface area contributed by atoms with E-state index in [1.165, 1.54) is 4.90 Å². The van der Waals surface area contributed by atoms with Gasteiger partial charge in [0.25, 0.3) is 0 Å². The molecule has 7 nitrogen and oxygen atoms in total. The summed E-state index contributed by atoms with van der Waals surface area (Å²) in [4.78, 5) is 27.5. The van der Waals surface area contributed by atoms with E-state index in [1.807, 2.05) is 38.1 Å². The largest absolute Gasteiger partial charge is 0.352 e. The van der Waals surface area contributed by atoms with E-state index in [4.69, 9.17) is 0 Å². The number of nitrogens with one attached hydrogen (secondary N) is 1. The fourth-order valence-electron chi connectivity index (χ4n) is 3.00.